The number of hydrogen-bond acceptors (Lipinski definition) is 5. The van der Waals surface area contributed by atoms with Crippen LogP contribution in [0.5, 0.6) is 0 Å². The number of pyridine rings is 1. The summed E-state index contributed by atoms with van der Waals surface area (Å²) in [6.07, 6.45) is 5.90. The van der Waals surface area contributed by atoms with Gasteiger partial charge in [0.1, 0.15) is 5.82 Å². The smallest absolute Gasteiger partial charge is 0.226 e. The molecule has 2 aromatic heterocycles. The zero-order chi connectivity index (χ0) is 19.6. The van der Waals surface area contributed by atoms with Crippen molar-refractivity contribution in [3.05, 3.63) is 40.6 Å². The number of carbonyl (C=O) groups excluding carboxylic acids is 1. The molecule has 1 amide bonds. The van der Waals surface area contributed by atoms with Crippen LogP contribution in [0.1, 0.15) is 50.4 Å². The SMILES string of the molecule is Cc1cc2c(nc1NC(=O)CC(C)(C)C)CCCN2Cc1cnc(Cl)nc1. The Balaban J connectivity index is 1.79. The summed E-state index contributed by atoms with van der Waals surface area (Å²) in [4.78, 5) is 27.5. The van der Waals surface area contributed by atoms with Crippen molar-refractivity contribution in [2.45, 2.75) is 53.5 Å². The molecule has 0 fully saturated rings. The van der Waals surface area contributed by atoms with Crippen LogP contribution >= 0.6 is 11.6 Å². The lowest BCUT2D eigenvalue weighted by Gasteiger charge is -2.31. The van der Waals surface area contributed by atoms with E-state index in [9.17, 15) is 4.79 Å². The molecule has 0 saturated carbocycles. The van der Waals surface area contributed by atoms with E-state index in [1.54, 1.807) is 12.4 Å². The third-order valence-corrected chi connectivity index (χ3v) is 4.64. The first-order valence-electron chi connectivity index (χ1n) is 9.23. The molecule has 7 heteroatoms. The fourth-order valence-corrected chi connectivity index (χ4v) is 3.34. The molecule has 0 spiro atoms. The zero-order valence-electron chi connectivity index (χ0n) is 16.3. The van der Waals surface area contributed by atoms with Crippen LogP contribution in [-0.4, -0.2) is 27.4 Å². The second kappa shape index (κ2) is 7.80. The van der Waals surface area contributed by atoms with Crippen molar-refractivity contribution in [1.29, 1.82) is 0 Å². The van der Waals surface area contributed by atoms with E-state index in [4.69, 9.17) is 16.6 Å². The second-order valence-corrected chi connectivity index (χ2v) is 8.63. The van der Waals surface area contributed by atoms with Gasteiger partial charge in [0.2, 0.25) is 11.2 Å². The molecule has 0 aromatic carbocycles. The zero-order valence-corrected chi connectivity index (χ0v) is 17.1. The van der Waals surface area contributed by atoms with Crippen molar-refractivity contribution in [1.82, 2.24) is 15.0 Å². The van der Waals surface area contributed by atoms with Crippen molar-refractivity contribution < 1.29 is 4.79 Å². The van der Waals surface area contributed by atoms with Crippen LogP contribution in [0.25, 0.3) is 0 Å². The number of aryl methyl sites for hydroxylation is 2. The molecule has 3 heterocycles. The van der Waals surface area contributed by atoms with E-state index in [0.717, 1.165) is 41.9 Å². The third kappa shape index (κ3) is 5.16. The number of amides is 1. The number of rotatable bonds is 4. The average Bonchev–Trinajstić information content (AvgIpc) is 2.56. The van der Waals surface area contributed by atoms with Gasteiger partial charge in [-0.1, -0.05) is 20.8 Å². The molecule has 0 unspecified atom stereocenters. The topological polar surface area (TPSA) is 71.0 Å². The Hall–Kier alpha value is -2.21. The molecule has 27 heavy (non-hydrogen) atoms. The first-order chi connectivity index (χ1) is 12.7. The van der Waals surface area contributed by atoms with E-state index in [0.29, 0.717) is 18.8 Å². The van der Waals surface area contributed by atoms with Crippen LogP contribution in [-0.2, 0) is 17.8 Å². The van der Waals surface area contributed by atoms with E-state index >= 15 is 0 Å². The summed E-state index contributed by atoms with van der Waals surface area (Å²) in [6, 6.07) is 2.12. The Morgan fingerprint density at radius 3 is 2.67 bits per heavy atom. The number of halogens is 1. The maximum Gasteiger partial charge on any atom is 0.226 e. The van der Waals surface area contributed by atoms with Gasteiger partial charge in [0.15, 0.2) is 0 Å². The van der Waals surface area contributed by atoms with E-state index in [1.807, 2.05) is 6.92 Å². The molecule has 144 valence electrons. The van der Waals surface area contributed by atoms with Gasteiger partial charge in [0.05, 0.1) is 11.4 Å². The molecule has 0 saturated heterocycles. The van der Waals surface area contributed by atoms with Crippen LogP contribution in [0, 0.1) is 12.3 Å². The third-order valence-electron chi connectivity index (χ3n) is 4.45. The Morgan fingerprint density at radius 1 is 1.30 bits per heavy atom. The molecular formula is C20H26ClN5O. The van der Waals surface area contributed by atoms with Gasteiger partial charge in [0.25, 0.3) is 0 Å². The minimum atomic E-state index is -0.0519. The predicted molar refractivity (Wildman–Crippen MR) is 108 cm³/mol. The highest BCUT2D eigenvalue weighted by molar-refractivity contribution is 6.28. The van der Waals surface area contributed by atoms with Crippen molar-refractivity contribution in [2.24, 2.45) is 5.41 Å². The summed E-state index contributed by atoms with van der Waals surface area (Å²) < 4.78 is 0. The molecular weight excluding hydrogens is 362 g/mol. The number of anilines is 2. The molecule has 3 rings (SSSR count). The van der Waals surface area contributed by atoms with Crippen molar-refractivity contribution in [3.63, 3.8) is 0 Å². The fraction of sp³-hybridized carbons (Fsp3) is 0.500. The second-order valence-electron chi connectivity index (χ2n) is 8.29. The van der Waals surface area contributed by atoms with E-state index < -0.39 is 0 Å². The van der Waals surface area contributed by atoms with Crippen LogP contribution in [0.4, 0.5) is 11.5 Å². The lowest BCUT2D eigenvalue weighted by molar-refractivity contribution is -0.117. The van der Waals surface area contributed by atoms with Gasteiger partial charge in [-0.05, 0) is 48.4 Å². The number of nitrogens with zero attached hydrogens (tertiary/aromatic N) is 4. The van der Waals surface area contributed by atoms with Crippen LogP contribution in [0.2, 0.25) is 5.28 Å². The highest BCUT2D eigenvalue weighted by Crippen LogP contribution is 2.31. The maximum absolute atomic E-state index is 12.3. The molecule has 6 nitrogen and oxygen atoms in total. The summed E-state index contributed by atoms with van der Waals surface area (Å²) in [6.45, 7) is 9.81. The van der Waals surface area contributed by atoms with E-state index in [1.165, 1.54) is 0 Å². The van der Waals surface area contributed by atoms with Crippen LogP contribution in [0.15, 0.2) is 18.5 Å². The quantitative estimate of drug-likeness (QED) is 0.797. The van der Waals surface area contributed by atoms with Gasteiger partial charge in [-0.2, -0.15) is 0 Å². The highest BCUT2D eigenvalue weighted by Gasteiger charge is 2.22. The number of hydrogen-bond donors (Lipinski definition) is 1. The van der Waals surface area contributed by atoms with Gasteiger partial charge < -0.3 is 10.2 Å². The minimum absolute atomic E-state index is 0.00373. The van der Waals surface area contributed by atoms with Crippen molar-refractivity contribution >= 4 is 29.0 Å². The normalized spacial score (nSPS) is 14.0. The standard InChI is InChI=1S/C20H26ClN5O/c1-13-8-16-15(24-18(13)25-17(27)9-20(2,3)4)6-5-7-26(16)12-14-10-22-19(21)23-11-14/h8,10-11H,5-7,9,12H2,1-4H3,(H,24,25,27). The fourth-order valence-electron chi connectivity index (χ4n) is 3.24. The van der Waals surface area contributed by atoms with Crippen molar-refractivity contribution in [3.8, 4) is 0 Å². The molecule has 2 aromatic rings. The Bertz CT molecular complexity index is 830. The first kappa shape index (κ1) is 19.5. The molecule has 1 N–H and O–H groups in total. The van der Waals surface area contributed by atoms with E-state index in [-0.39, 0.29) is 16.6 Å². The average molecular weight is 388 g/mol. The number of aromatic nitrogens is 3. The Morgan fingerprint density at radius 2 is 2.00 bits per heavy atom. The van der Waals surface area contributed by atoms with Gasteiger partial charge >= 0.3 is 0 Å². The summed E-state index contributed by atoms with van der Waals surface area (Å²) in [7, 11) is 0. The van der Waals surface area contributed by atoms with Gasteiger partial charge in [-0.3, -0.25) is 4.79 Å². The number of nitrogens with one attached hydrogen (secondary N) is 1. The molecule has 0 atom stereocenters. The molecule has 1 aliphatic rings. The highest BCUT2D eigenvalue weighted by atomic mass is 35.5. The van der Waals surface area contributed by atoms with Gasteiger partial charge in [0, 0.05) is 37.5 Å². The molecule has 1 aliphatic heterocycles. The minimum Gasteiger partial charge on any atom is -0.366 e. The summed E-state index contributed by atoms with van der Waals surface area (Å²) >= 11 is 5.77. The molecule has 0 radical (unpaired) electrons. The number of carbonyl (C=O) groups is 1. The van der Waals surface area contributed by atoms with Gasteiger partial charge in [-0.15, -0.1) is 0 Å². The predicted octanol–water partition coefficient (Wildman–Crippen LogP) is 4.16. The van der Waals surface area contributed by atoms with Crippen LogP contribution in [0.3, 0.4) is 0 Å². The largest absolute Gasteiger partial charge is 0.366 e. The monoisotopic (exact) mass is 387 g/mol. The lowest BCUT2D eigenvalue weighted by atomic mass is 9.92. The van der Waals surface area contributed by atoms with E-state index in [2.05, 4.69) is 47.0 Å². The Kier molecular flexibility index (Phi) is 5.65. The summed E-state index contributed by atoms with van der Waals surface area (Å²) in [5.41, 5.74) is 4.06. The van der Waals surface area contributed by atoms with Gasteiger partial charge in [-0.25, -0.2) is 15.0 Å². The summed E-state index contributed by atoms with van der Waals surface area (Å²) in [5.74, 6) is 0.670. The number of fused-ring (bicyclic) bond motifs is 1. The molecule has 0 aliphatic carbocycles. The molecule has 0 bridgehead atoms. The first-order valence-corrected chi connectivity index (χ1v) is 9.61. The lowest BCUT2D eigenvalue weighted by Crippen LogP contribution is -2.30. The van der Waals surface area contributed by atoms with Crippen LogP contribution < -0.4 is 10.2 Å². The van der Waals surface area contributed by atoms with Crippen molar-refractivity contribution in [2.75, 3.05) is 16.8 Å². The maximum atomic E-state index is 12.3. The summed E-state index contributed by atoms with van der Waals surface area (Å²) in [5, 5.41) is 3.24. The Labute approximate surface area is 165 Å².